The van der Waals surface area contributed by atoms with Crippen molar-refractivity contribution in [2.75, 3.05) is 0 Å². The van der Waals surface area contributed by atoms with Gasteiger partial charge in [-0.1, -0.05) is 43.7 Å². The number of ether oxygens (including phenoxy) is 2. The smallest absolute Gasteiger partial charge is 0.408 e. The SMILES string of the molecule is CCCC(C)(NC(=O)OC(C)(C)C)C(=O)OCc1ccccc1. The van der Waals surface area contributed by atoms with Crippen LogP contribution in [0.2, 0.25) is 0 Å². The predicted octanol–water partition coefficient (Wildman–Crippen LogP) is 3.81. The number of rotatable bonds is 6. The third-order valence-corrected chi connectivity index (χ3v) is 3.19. The third-order valence-electron chi connectivity index (χ3n) is 3.19. The Kier molecular flexibility index (Phi) is 6.61. The van der Waals surface area contributed by atoms with E-state index in [0.717, 1.165) is 12.0 Å². The summed E-state index contributed by atoms with van der Waals surface area (Å²) in [5.41, 5.74) is -0.825. The van der Waals surface area contributed by atoms with E-state index in [1.165, 1.54) is 0 Å². The largest absolute Gasteiger partial charge is 0.459 e. The molecule has 1 amide bonds. The minimum absolute atomic E-state index is 0.176. The van der Waals surface area contributed by atoms with Crippen molar-refractivity contribution in [3.63, 3.8) is 0 Å². The summed E-state index contributed by atoms with van der Waals surface area (Å²) in [6.45, 7) is 9.11. The van der Waals surface area contributed by atoms with Crippen molar-refractivity contribution in [1.29, 1.82) is 0 Å². The molecule has 0 aromatic heterocycles. The van der Waals surface area contributed by atoms with Crippen molar-refractivity contribution < 1.29 is 19.1 Å². The van der Waals surface area contributed by atoms with Crippen molar-refractivity contribution in [1.82, 2.24) is 5.32 Å². The van der Waals surface area contributed by atoms with E-state index in [4.69, 9.17) is 9.47 Å². The Bertz CT molecular complexity index is 522. The number of amides is 1. The van der Waals surface area contributed by atoms with Gasteiger partial charge >= 0.3 is 12.1 Å². The summed E-state index contributed by atoms with van der Waals surface area (Å²) in [6, 6.07) is 9.43. The Morgan fingerprint density at radius 2 is 1.70 bits per heavy atom. The van der Waals surface area contributed by atoms with Crippen LogP contribution in [0, 0.1) is 0 Å². The number of benzene rings is 1. The maximum atomic E-state index is 12.4. The second kappa shape index (κ2) is 7.99. The highest BCUT2D eigenvalue weighted by molar-refractivity contribution is 5.85. The van der Waals surface area contributed by atoms with E-state index in [1.807, 2.05) is 37.3 Å². The molecule has 1 unspecified atom stereocenters. The van der Waals surface area contributed by atoms with Crippen LogP contribution in [0.3, 0.4) is 0 Å². The second-order valence-corrected chi connectivity index (χ2v) is 6.77. The molecule has 0 saturated carbocycles. The van der Waals surface area contributed by atoms with Gasteiger partial charge in [-0.3, -0.25) is 0 Å². The Morgan fingerprint density at radius 1 is 1.09 bits per heavy atom. The highest BCUT2D eigenvalue weighted by Gasteiger charge is 2.37. The Balaban J connectivity index is 2.70. The Morgan fingerprint density at radius 3 is 2.22 bits per heavy atom. The van der Waals surface area contributed by atoms with Gasteiger partial charge in [-0.25, -0.2) is 9.59 Å². The molecule has 23 heavy (non-hydrogen) atoms. The van der Waals surface area contributed by atoms with Crippen molar-refractivity contribution in [2.45, 2.75) is 65.2 Å². The molecule has 0 heterocycles. The lowest BCUT2D eigenvalue weighted by Crippen LogP contribution is -2.54. The zero-order valence-corrected chi connectivity index (χ0v) is 14.6. The van der Waals surface area contributed by atoms with E-state index in [-0.39, 0.29) is 6.61 Å². The summed E-state index contributed by atoms with van der Waals surface area (Å²) in [7, 11) is 0. The van der Waals surface area contributed by atoms with Gasteiger partial charge in [0, 0.05) is 0 Å². The molecule has 5 heteroatoms. The lowest BCUT2D eigenvalue weighted by atomic mass is 9.96. The van der Waals surface area contributed by atoms with Crippen LogP contribution in [-0.4, -0.2) is 23.2 Å². The van der Waals surface area contributed by atoms with Crippen LogP contribution in [0.4, 0.5) is 4.79 Å². The van der Waals surface area contributed by atoms with Gasteiger partial charge in [0.15, 0.2) is 0 Å². The van der Waals surface area contributed by atoms with Gasteiger partial charge in [-0.15, -0.1) is 0 Å². The zero-order valence-electron chi connectivity index (χ0n) is 14.6. The third kappa shape index (κ3) is 6.72. The van der Waals surface area contributed by atoms with Crippen LogP contribution in [0.5, 0.6) is 0 Å². The summed E-state index contributed by atoms with van der Waals surface area (Å²) < 4.78 is 10.6. The predicted molar refractivity (Wildman–Crippen MR) is 88.9 cm³/mol. The van der Waals surface area contributed by atoms with Gasteiger partial charge in [0.2, 0.25) is 0 Å². The topological polar surface area (TPSA) is 64.6 Å². The molecule has 1 rings (SSSR count). The van der Waals surface area contributed by atoms with E-state index in [1.54, 1.807) is 27.7 Å². The Hall–Kier alpha value is -2.04. The van der Waals surface area contributed by atoms with Gasteiger partial charge in [0.1, 0.15) is 17.7 Å². The van der Waals surface area contributed by atoms with Gasteiger partial charge in [-0.2, -0.15) is 0 Å². The molecular weight excluding hydrogens is 294 g/mol. The van der Waals surface area contributed by atoms with Gasteiger partial charge in [0.05, 0.1) is 0 Å². The van der Waals surface area contributed by atoms with E-state index in [9.17, 15) is 9.59 Å². The standard InChI is InChI=1S/C18H27NO4/c1-6-12-18(5,19-16(21)23-17(2,3)4)15(20)22-13-14-10-8-7-9-11-14/h7-11H,6,12-13H2,1-5H3,(H,19,21). The average Bonchev–Trinajstić information content (AvgIpc) is 2.43. The molecule has 0 fully saturated rings. The molecule has 0 radical (unpaired) electrons. The quantitative estimate of drug-likeness (QED) is 0.809. The molecule has 0 aliphatic heterocycles. The van der Waals surface area contributed by atoms with E-state index in [2.05, 4.69) is 5.32 Å². The maximum absolute atomic E-state index is 12.4. The van der Waals surface area contributed by atoms with Crippen LogP contribution in [0.25, 0.3) is 0 Å². The lowest BCUT2D eigenvalue weighted by molar-refractivity contribution is -0.152. The minimum Gasteiger partial charge on any atom is -0.459 e. The van der Waals surface area contributed by atoms with E-state index >= 15 is 0 Å². The summed E-state index contributed by atoms with van der Waals surface area (Å²) in [5.74, 6) is -0.464. The second-order valence-electron chi connectivity index (χ2n) is 6.77. The maximum Gasteiger partial charge on any atom is 0.408 e. The van der Waals surface area contributed by atoms with Crippen LogP contribution < -0.4 is 5.32 Å². The fraction of sp³-hybridized carbons (Fsp3) is 0.556. The fourth-order valence-corrected chi connectivity index (χ4v) is 2.13. The molecule has 1 aromatic carbocycles. The van der Waals surface area contributed by atoms with E-state index in [0.29, 0.717) is 6.42 Å². The molecule has 1 aromatic rings. The first kappa shape index (κ1) is 19.0. The normalized spacial score (nSPS) is 13.8. The minimum atomic E-state index is -1.11. The van der Waals surface area contributed by atoms with Gasteiger partial charge < -0.3 is 14.8 Å². The molecular formula is C18H27NO4. The molecule has 0 spiro atoms. The molecule has 1 N–H and O–H groups in total. The number of nitrogens with one attached hydrogen (secondary N) is 1. The molecule has 0 bridgehead atoms. The van der Waals surface area contributed by atoms with Crippen molar-refractivity contribution in [3.8, 4) is 0 Å². The molecule has 1 atom stereocenters. The lowest BCUT2D eigenvalue weighted by Gasteiger charge is -2.30. The molecule has 5 nitrogen and oxygen atoms in total. The van der Waals surface area contributed by atoms with Crippen LogP contribution in [0.15, 0.2) is 30.3 Å². The number of carbonyl (C=O) groups is 2. The first-order valence-corrected chi connectivity index (χ1v) is 7.88. The highest BCUT2D eigenvalue weighted by Crippen LogP contribution is 2.17. The Labute approximate surface area is 138 Å². The van der Waals surface area contributed by atoms with Crippen molar-refractivity contribution in [3.05, 3.63) is 35.9 Å². The molecule has 0 aliphatic carbocycles. The zero-order chi connectivity index (χ0) is 17.5. The molecule has 0 saturated heterocycles. The van der Waals surface area contributed by atoms with Crippen molar-refractivity contribution >= 4 is 12.1 Å². The van der Waals surface area contributed by atoms with Crippen molar-refractivity contribution in [2.24, 2.45) is 0 Å². The highest BCUT2D eigenvalue weighted by atomic mass is 16.6. The molecule has 128 valence electrons. The summed E-state index contributed by atoms with van der Waals surface area (Å²) in [4.78, 5) is 24.4. The number of esters is 1. The summed E-state index contributed by atoms with van der Waals surface area (Å²) in [6.07, 6.45) is 0.581. The fourth-order valence-electron chi connectivity index (χ4n) is 2.13. The van der Waals surface area contributed by atoms with Crippen LogP contribution in [-0.2, 0) is 20.9 Å². The number of hydrogen-bond donors (Lipinski definition) is 1. The first-order chi connectivity index (χ1) is 10.7. The summed E-state index contributed by atoms with van der Waals surface area (Å²) >= 11 is 0. The summed E-state index contributed by atoms with van der Waals surface area (Å²) in [5, 5.41) is 2.65. The number of carbonyl (C=O) groups excluding carboxylic acids is 2. The first-order valence-electron chi connectivity index (χ1n) is 7.88. The average molecular weight is 321 g/mol. The van der Waals surface area contributed by atoms with E-state index < -0.39 is 23.2 Å². The molecule has 0 aliphatic rings. The van der Waals surface area contributed by atoms with Crippen LogP contribution >= 0.6 is 0 Å². The van der Waals surface area contributed by atoms with Crippen LogP contribution in [0.1, 0.15) is 53.0 Å². The number of alkyl carbamates (subject to hydrolysis) is 1. The monoisotopic (exact) mass is 321 g/mol. The van der Waals surface area contributed by atoms with Gasteiger partial charge in [-0.05, 0) is 39.7 Å². The number of hydrogen-bond acceptors (Lipinski definition) is 4. The van der Waals surface area contributed by atoms with Gasteiger partial charge in [0.25, 0.3) is 0 Å².